The van der Waals surface area contributed by atoms with Crippen molar-refractivity contribution in [1.29, 1.82) is 0 Å². The van der Waals surface area contributed by atoms with E-state index in [1.165, 1.54) is 44.1 Å². The summed E-state index contributed by atoms with van der Waals surface area (Å²) in [5.41, 5.74) is 14.8. The molecule has 166 valence electrons. The van der Waals surface area contributed by atoms with Gasteiger partial charge in [0.2, 0.25) is 0 Å². The van der Waals surface area contributed by atoms with E-state index in [2.05, 4.69) is 120 Å². The van der Waals surface area contributed by atoms with E-state index < -0.39 is 23.2 Å². The Morgan fingerprint density at radius 3 is 1.40 bits per heavy atom. The first kappa shape index (κ1) is 20.1. The van der Waals surface area contributed by atoms with E-state index in [4.69, 9.17) is 0 Å². The SMILES string of the molecule is Cn1c2c(c3ccccc31)-c1ccccc1[CH]2[Zr][CH]1c2ccccc2-c2c1n(C)c1ccccc21. The van der Waals surface area contributed by atoms with Crippen LogP contribution in [0, 0.1) is 0 Å². The second kappa shape index (κ2) is 7.18. The molecule has 0 aliphatic heterocycles. The van der Waals surface area contributed by atoms with Gasteiger partial charge in [0, 0.05) is 0 Å². The van der Waals surface area contributed by atoms with Gasteiger partial charge in [0.25, 0.3) is 0 Å². The average molecular weight is 528 g/mol. The molecule has 8 rings (SSSR count). The van der Waals surface area contributed by atoms with Gasteiger partial charge in [-0.05, 0) is 0 Å². The van der Waals surface area contributed by atoms with Crippen molar-refractivity contribution in [2.24, 2.45) is 14.1 Å². The van der Waals surface area contributed by atoms with Crippen molar-refractivity contribution >= 4 is 21.8 Å². The summed E-state index contributed by atoms with van der Waals surface area (Å²) in [7, 11) is 4.56. The van der Waals surface area contributed by atoms with Gasteiger partial charge in [-0.1, -0.05) is 0 Å². The Morgan fingerprint density at radius 1 is 0.514 bits per heavy atom. The third-order valence-electron chi connectivity index (χ3n) is 8.27. The molecule has 2 aromatic heterocycles. The van der Waals surface area contributed by atoms with Crippen LogP contribution in [-0.2, 0) is 37.3 Å². The molecule has 35 heavy (non-hydrogen) atoms. The van der Waals surface area contributed by atoms with Crippen LogP contribution in [0.1, 0.15) is 29.8 Å². The summed E-state index contributed by atoms with van der Waals surface area (Å²) in [6.07, 6.45) is 0. The number of aromatic nitrogens is 2. The van der Waals surface area contributed by atoms with Gasteiger partial charge in [0.05, 0.1) is 0 Å². The Bertz CT molecular complexity index is 1690. The van der Waals surface area contributed by atoms with E-state index in [9.17, 15) is 0 Å². The quantitative estimate of drug-likeness (QED) is 0.220. The maximum atomic E-state index is 2.50. The number of aryl methyl sites for hydroxylation is 2. The first-order valence-corrected chi connectivity index (χ1v) is 15.2. The maximum absolute atomic E-state index is 2.50. The molecule has 2 atom stereocenters. The molecule has 4 aromatic carbocycles. The molecule has 0 saturated carbocycles. The van der Waals surface area contributed by atoms with Crippen LogP contribution in [0.2, 0.25) is 0 Å². The third kappa shape index (κ3) is 2.52. The van der Waals surface area contributed by atoms with Gasteiger partial charge in [0.1, 0.15) is 0 Å². The Labute approximate surface area is 216 Å². The number of benzene rings is 4. The van der Waals surface area contributed by atoms with Crippen LogP contribution in [0.4, 0.5) is 0 Å². The van der Waals surface area contributed by atoms with Crippen molar-refractivity contribution < 1.29 is 23.2 Å². The van der Waals surface area contributed by atoms with Crippen molar-refractivity contribution in [3.63, 3.8) is 0 Å². The average Bonchev–Trinajstić information content (AvgIpc) is 3.59. The minimum absolute atomic E-state index is 0.532. The van der Waals surface area contributed by atoms with Crippen molar-refractivity contribution in [2.45, 2.75) is 7.25 Å². The Balaban J connectivity index is 1.38. The van der Waals surface area contributed by atoms with Gasteiger partial charge in [0.15, 0.2) is 0 Å². The van der Waals surface area contributed by atoms with Gasteiger partial charge in [-0.25, -0.2) is 0 Å². The molecular formula is C32H24N2Zr. The zero-order valence-electron chi connectivity index (χ0n) is 19.8. The topological polar surface area (TPSA) is 9.86 Å². The van der Waals surface area contributed by atoms with E-state index in [1.54, 1.807) is 22.5 Å². The Kier molecular flexibility index (Phi) is 4.12. The molecule has 0 fully saturated rings. The molecule has 2 unspecified atom stereocenters. The number of nitrogens with zero attached hydrogens (tertiary/aromatic N) is 2. The van der Waals surface area contributed by atoms with Gasteiger partial charge in [-0.2, -0.15) is 0 Å². The summed E-state index contributed by atoms with van der Waals surface area (Å²) in [5.74, 6) is 0. The molecule has 2 aliphatic rings. The predicted octanol–water partition coefficient (Wildman–Crippen LogP) is 7.59. The molecule has 0 radical (unpaired) electrons. The van der Waals surface area contributed by atoms with Crippen LogP contribution in [0.5, 0.6) is 0 Å². The first-order valence-electron chi connectivity index (χ1n) is 12.3. The Hall–Kier alpha value is -3.16. The van der Waals surface area contributed by atoms with Crippen LogP contribution >= 0.6 is 0 Å². The van der Waals surface area contributed by atoms with Gasteiger partial charge >= 0.3 is 217 Å². The molecule has 0 N–H and O–H groups in total. The molecule has 2 heterocycles. The van der Waals surface area contributed by atoms with E-state index in [-0.39, 0.29) is 0 Å². The summed E-state index contributed by atoms with van der Waals surface area (Å²) >= 11 is -1.03. The number of hydrogen-bond donors (Lipinski definition) is 0. The number of hydrogen-bond acceptors (Lipinski definition) is 0. The molecular weight excluding hydrogens is 504 g/mol. The molecule has 0 amide bonds. The Morgan fingerprint density at radius 2 is 0.914 bits per heavy atom. The van der Waals surface area contributed by atoms with Crippen molar-refractivity contribution in [1.82, 2.24) is 9.13 Å². The normalized spacial score (nSPS) is 17.4. The van der Waals surface area contributed by atoms with Gasteiger partial charge < -0.3 is 0 Å². The van der Waals surface area contributed by atoms with E-state index >= 15 is 0 Å². The first-order chi connectivity index (χ1) is 17.2. The number of para-hydroxylation sites is 2. The predicted molar refractivity (Wildman–Crippen MR) is 140 cm³/mol. The van der Waals surface area contributed by atoms with Crippen LogP contribution in [0.3, 0.4) is 0 Å². The second-order valence-corrected chi connectivity index (χ2v) is 13.5. The zero-order chi connectivity index (χ0) is 23.3. The van der Waals surface area contributed by atoms with Crippen LogP contribution in [0.25, 0.3) is 44.1 Å². The number of rotatable bonds is 2. The van der Waals surface area contributed by atoms with E-state index in [0.717, 1.165) is 0 Å². The van der Waals surface area contributed by atoms with Gasteiger partial charge in [-0.15, -0.1) is 0 Å². The molecule has 3 heteroatoms. The van der Waals surface area contributed by atoms with Crippen LogP contribution in [0.15, 0.2) is 97.1 Å². The second-order valence-electron chi connectivity index (χ2n) is 9.88. The molecule has 0 bridgehead atoms. The fourth-order valence-electron chi connectivity index (χ4n) is 6.82. The standard InChI is InChI=1S/2C16H12N.Zr/c2*1-17-14-9-5-4-8-13(14)16-12-7-3-2-6-11(12)10-15(16)17;/h2*2-10H,1H3;. The van der Waals surface area contributed by atoms with Gasteiger partial charge in [-0.3, -0.25) is 0 Å². The van der Waals surface area contributed by atoms with E-state index in [1.807, 2.05) is 0 Å². The third-order valence-corrected chi connectivity index (χ3v) is 12.8. The molecule has 6 aromatic rings. The zero-order valence-corrected chi connectivity index (χ0v) is 22.2. The summed E-state index contributed by atoms with van der Waals surface area (Å²) in [6.45, 7) is 0. The summed E-state index contributed by atoms with van der Waals surface area (Å²) in [5, 5.41) is 2.80. The van der Waals surface area contributed by atoms with Crippen molar-refractivity contribution in [3.05, 3.63) is 120 Å². The fourth-order valence-corrected chi connectivity index (χ4v) is 12.2. The molecule has 2 aliphatic carbocycles. The van der Waals surface area contributed by atoms with Crippen molar-refractivity contribution in [3.8, 4) is 22.3 Å². The number of fused-ring (bicyclic) bond motifs is 10. The van der Waals surface area contributed by atoms with E-state index in [0.29, 0.717) is 7.25 Å². The monoisotopic (exact) mass is 526 g/mol. The molecule has 0 spiro atoms. The van der Waals surface area contributed by atoms with Crippen molar-refractivity contribution in [2.75, 3.05) is 0 Å². The molecule has 2 nitrogen and oxygen atoms in total. The van der Waals surface area contributed by atoms with Crippen LogP contribution in [-0.4, -0.2) is 9.13 Å². The minimum atomic E-state index is -1.03. The van der Waals surface area contributed by atoms with Crippen LogP contribution < -0.4 is 0 Å². The summed E-state index contributed by atoms with van der Waals surface area (Å²) in [6, 6.07) is 36.3. The summed E-state index contributed by atoms with van der Waals surface area (Å²) in [4.78, 5) is 0. The fraction of sp³-hybridized carbons (Fsp3) is 0.125. The molecule has 0 saturated heterocycles. The summed E-state index contributed by atoms with van der Waals surface area (Å²) < 4.78 is 6.06.